The van der Waals surface area contributed by atoms with Gasteiger partial charge >= 0.3 is 5.97 Å². The van der Waals surface area contributed by atoms with Crippen molar-refractivity contribution in [3.8, 4) is 0 Å². The molecule has 0 radical (unpaired) electrons. The first-order valence-electron chi connectivity index (χ1n) is 5.70. The van der Waals surface area contributed by atoms with E-state index in [9.17, 15) is 9.59 Å². The molecule has 2 atom stereocenters. The third-order valence-electron chi connectivity index (χ3n) is 2.24. The number of rotatable bonds is 7. The maximum atomic E-state index is 11.8. The molecule has 0 aromatic heterocycles. The molecule has 1 amide bonds. The Balaban J connectivity index is 4.39. The second-order valence-electron chi connectivity index (χ2n) is 3.73. The summed E-state index contributed by atoms with van der Waals surface area (Å²) in [5.41, 5.74) is 5.49. The van der Waals surface area contributed by atoms with Crippen LogP contribution in [0.25, 0.3) is 0 Å². The highest BCUT2D eigenvalue weighted by atomic mass is 32.1. The Kier molecular flexibility index (Phi) is 7.45. The van der Waals surface area contributed by atoms with Crippen molar-refractivity contribution in [1.82, 2.24) is 5.32 Å². The number of hydrogen-bond donors (Lipinski definition) is 2. The Labute approximate surface area is 107 Å². The molecule has 0 saturated heterocycles. The molecule has 0 fully saturated rings. The molecule has 0 aromatic carbocycles. The molecule has 0 saturated carbocycles. The third kappa shape index (κ3) is 5.63. The van der Waals surface area contributed by atoms with Crippen molar-refractivity contribution in [2.45, 2.75) is 39.7 Å². The first-order valence-corrected chi connectivity index (χ1v) is 6.11. The van der Waals surface area contributed by atoms with Crippen LogP contribution in [0.2, 0.25) is 0 Å². The van der Waals surface area contributed by atoms with Crippen LogP contribution in [0.1, 0.15) is 33.6 Å². The summed E-state index contributed by atoms with van der Waals surface area (Å²) in [6.45, 7) is 5.50. The number of carbonyl (C=O) groups is 2. The van der Waals surface area contributed by atoms with Gasteiger partial charge in [0.15, 0.2) is 0 Å². The van der Waals surface area contributed by atoms with Gasteiger partial charge in [-0.1, -0.05) is 25.6 Å². The number of thiocarbonyl (C=S) groups is 1. The number of nitrogens with one attached hydrogen (secondary N) is 1. The van der Waals surface area contributed by atoms with E-state index in [1.165, 1.54) is 0 Å². The third-order valence-corrected chi connectivity index (χ3v) is 2.52. The van der Waals surface area contributed by atoms with Crippen molar-refractivity contribution in [2.75, 3.05) is 6.61 Å². The Morgan fingerprint density at radius 3 is 2.41 bits per heavy atom. The van der Waals surface area contributed by atoms with Crippen molar-refractivity contribution in [2.24, 2.45) is 11.7 Å². The van der Waals surface area contributed by atoms with Crippen LogP contribution < -0.4 is 11.1 Å². The molecule has 0 aliphatic rings. The molecule has 0 heterocycles. The van der Waals surface area contributed by atoms with Crippen LogP contribution in [0.3, 0.4) is 0 Å². The molecular weight excluding hydrogens is 240 g/mol. The number of esters is 1. The molecule has 3 N–H and O–H groups in total. The zero-order valence-electron chi connectivity index (χ0n) is 10.5. The van der Waals surface area contributed by atoms with Gasteiger partial charge in [-0.05, 0) is 20.3 Å². The second-order valence-corrected chi connectivity index (χ2v) is 4.20. The molecule has 0 aromatic rings. The summed E-state index contributed by atoms with van der Waals surface area (Å²) in [5, 5.41) is 2.55. The predicted molar refractivity (Wildman–Crippen MR) is 69.4 cm³/mol. The van der Waals surface area contributed by atoms with Gasteiger partial charge in [-0.15, -0.1) is 0 Å². The normalized spacial score (nSPS) is 13.6. The Bertz CT molecular complexity index is 294. The molecule has 2 unspecified atom stereocenters. The monoisotopic (exact) mass is 260 g/mol. The van der Waals surface area contributed by atoms with E-state index in [1.807, 2.05) is 6.92 Å². The van der Waals surface area contributed by atoms with Crippen LogP contribution in [0.5, 0.6) is 0 Å². The summed E-state index contributed by atoms with van der Waals surface area (Å²) in [4.78, 5) is 23.3. The highest BCUT2D eigenvalue weighted by Gasteiger charge is 2.24. The van der Waals surface area contributed by atoms with Gasteiger partial charge in [0, 0.05) is 0 Å². The van der Waals surface area contributed by atoms with E-state index >= 15 is 0 Å². The summed E-state index contributed by atoms with van der Waals surface area (Å²) in [6, 6.07) is -0.684. The largest absolute Gasteiger partial charge is 0.464 e. The summed E-state index contributed by atoms with van der Waals surface area (Å²) in [6.07, 6.45) is 1.37. The number of carbonyl (C=O) groups excluding carboxylic acids is 2. The smallest absolute Gasteiger partial charge is 0.328 e. The van der Waals surface area contributed by atoms with Gasteiger partial charge < -0.3 is 15.8 Å². The van der Waals surface area contributed by atoms with E-state index in [1.54, 1.807) is 13.8 Å². The first-order chi connectivity index (χ1) is 7.93. The van der Waals surface area contributed by atoms with E-state index in [0.717, 1.165) is 6.42 Å². The Morgan fingerprint density at radius 2 is 2.00 bits per heavy atom. The minimum atomic E-state index is -0.684. The summed E-state index contributed by atoms with van der Waals surface area (Å²) in [5.74, 6) is -1.30. The van der Waals surface area contributed by atoms with Crippen molar-refractivity contribution in [3.63, 3.8) is 0 Å². The number of ether oxygens (including phenoxy) is 1. The van der Waals surface area contributed by atoms with E-state index in [-0.39, 0.29) is 17.5 Å². The molecule has 0 bridgehead atoms. The van der Waals surface area contributed by atoms with Gasteiger partial charge in [-0.3, -0.25) is 4.79 Å². The van der Waals surface area contributed by atoms with Crippen molar-refractivity contribution in [1.29, 1.82) is 0 Å². The minimum absolute atomic E-state index is 0.153. The minimum Gasteiger partial charge on any atom is -0.464 e. The molecular formula is C11H20N2O3S. The van der Waals surface area contributed by atoms with Gasteiger partial charge in [0.1, 0.15) is 6.04 Å². The molecule has 5 nitrogen and oxygen atoms in total. The molecule has 0 aliphatic carbocycles. The SMILES string of the molecule is CCCC(C(=O)NC(C)C(=O)OCC)C(N)=S. The van der Waals surface area contributed by atoms with E-state index in [2.05, 4.69) is 5.32 Å². The molecule has 0 aliphatic heterocycles. The van der Waals surface area contributed by atoms with Crippen LogP contribution in [0.4, 0.5) is 0 Å². The fourth-order valence-corrected chi connectivity index (χ4v) is 1.56. The highest BCUT2D eigenvalue weighted by Crippen LogP contribution is 2.07. The Morgan fingerprint density at radius 1 is 1.41 bits per heavy atom. The van der Waals surface area contributed by atoms with Gasteiger partial charge in [0.25, 0.3) is 0 Å². The zero-order valence-corrected chi connectivity index (χ0v) is 11.3. The van der Waals surface area contributed by atoms with Gasteiger partial charge in [-0.25, -0.2) is 4.79 Å². The Hall–Kier alpha value is -1.17. The maximum Gasteiger partial charge on any atom is 0.328 e. The summed E-state index contributed by atoms with van der Waals surface area (Å²) in [7, 11) is 0. The topological polar surface area (TPSA) is 81.4 Å². The first kappa shape index (κ1) is 15.8. The predicted octanol–water partition coefficient (Wildman–Crippen LogP) is 0.757. The molecule has 17 heavy (non-hydrogen) atoms. The average Bonchev–Trinajstić information content (AvgIpc) is 2.25. The lowest BCUT2D eigenvalue weighted by atomic mass is 10.0. The fraction of sp³-hybridized carbons (Fsp3) is 0.727. The highest BCUT2D eigenvalue weighted by molar-refractivity contribution is 7.80. The zero-order chi connectivity index (χ0) is 13.4. The second kappa shape index (κ2) is 8.00. The summed E-state index contributed by atoms with van der Waals surface area (Å²) < 4.78 is 4.79. The van der Waals surface area contributed by atoms with Crippen LogP contribution in [0.15, 0.2) is 0 Å². The van der Waals surface area contributed by atoms with Crippen molar-refractivity contribution in [3.05, 3.63) is 0 Å². The lowest BCUT2D eigenvalue weighted by Gasteiger charge is -2.18. The summed E-state index contributed by atoms with van der Waals surface area (Å²) >= 11 is 4.83. The van der Waals surface area contributed by atoms with E-state index in [4.69, 9.17) is 22.7 Å². The number of amides is 1. The van der Waals surface area contributed by atoms with Crippen LogP contribution in [-0.4, -0.2) is 29.5 Å². The number of nitrogens with two attached hydrogens (primary N) is 1. The van der Waals surface area contributed by atoms with Gasteiger partial charge in [0.05, 0.1) is 17.5 Å². The average molecular weight is 260 g/mol. The number of hydrogen-bond acceptors (Lipinski definition) is 4. The van der Waals surface area contributed by atoms with Gasteiger partial charge in [-0.2, -0.15) is 0 Å². The van der Waals surface area contributed by atoms with Crippen molar-refractivity contribution >= 4 is 29.1 Å². The maximum absolute atomic E-state index is 11.8. The lowest BCUT2D eigenvalue weighted by molar-refractivity contribution is -0.147. The molecule has 0 spiro atoms. The molecule has 0 rings (SSSR count). The standard InChI is InChI=1S/C11H20N2O3S/c1-4-6-8(9(12)17)10(14)13-7(3)11(15)16-5-2/h7-8H,4-6H2,1-3H3,(H2,12,17)(H,13,14). The quantitative estimate of drug-likeness (QED) is 0.521. The van der Waals surface area contributed by atoms with Gasteiger partial charge in [0.2, 0.25) is 5.91 Å². The fourth-order valence-electron chi connectivity index (χ4n) is 1.33. The van der Waals surface area contributed by atoms with Crippen molar-refractivity contribution < 1.29 is 14.3 Å². The van der Waals surface area contributed by atoms with Crippen LogP contribution in [-0.2, 0) is 14.3 Å². The van der Waals surface area contributed by atoms with Crippen LogP contribution in [0, 0.1) is 5.92 Å². The molecule has 98 valence electrons. The van der Waals surface area contributed by atoms with E-state index < -0.39 is 17.9 Å². The lowest BCUT2D eigenvalue weighted by Crippen LogP contribution is -2.45. The van der Waals surface area contributed by atoms with E-state index in [0.29, 0.717) is 6.42 Å². The van der Waals surface area contributed by atoms with Crippen LogP contribution >= 0.6 is 12.2 Å². The molecule has 6 heteroatoms.